The van der Waals surface area contributed by atoms with Gasteiger partial charge in [0.1, 0.15) is 18.0 Å². The van der Waals surface area contributed by atoms with Crippen LogP contribution in [0.25, 0.3) is 0 Å². The van der Waals surface area contributed by atoms with Crippen molar-refractivity contribution in [2.24, 2.45) is 4.99 Å². The van der Waals surface area contributed by atoms with Crippen LogP contribution in [-0.4, -0.2) is 22.5 Å². The van der Waals surface area contributed by atoms with Crippen molar-refractivity contribution in [1.29, 1.82) is 0 Å². The molecule has 0 unspecified atom stereocenters. The van der Waals surface area contributed by atoms with Gasteiger partial charge in [0, 0.05) is 6.20 Å². The van der Waals surface area contributed by atoms with E-state index in [0.717, 1.165) is 0 Å². The quantitative estimate of drug-likeness (QED) is 0.615. The van der Waals surface area contributed by atoms with Crippen molar-refractivity contribution in [3.63, 3.8) is 0 Å². The van der Waals surface area contributed by atoms with Crippen LogP contribution in [0.4, 0.5) is 5.69 Å². The van der Waals surface area contributed by atoms with Gasteiger partial charge in [0.15, 0.2) is 0 Å². The largest absolute Gasteiger partial charge is 0.489 e. The van der Waals surface area contributed by atoms with Crippen molar-refractivity contribution in [3.05, 3.63) is 41.7 Å². The number of aromatic nitrogens is 2. The Kier molecular flexibility index (Phi) is 4.12. The molecule has 5 nitrogen and oxygen atoms in total. The van der Waals surface area contributed by atoms with Gasteiger partial charge in [-0.3, -0.25) is 4.68 Å². The molecular weight excluding hydrogens is 254 g/mol. The molecule has 6 heteroatoms. The lowest BCUT2D eigenvalue weighted by molar-refractivity contribution is 0.292. The molecule has 0 spiro atoms. The molecule has 0 aliphatic heterocycles. The van der Waals surface area contributed by atoms with Crippen molar-refractivity contribution in [2.45, 2.75) is 6.54 Å². The van der Waals surface area contributed by atoms with E-state index in [9.17, 15) is 4.79 Å². The molecule has 2 rings (SSSR count). The number of aliphatic imine (C=N–C) groups is 1. The maximum atomic E-state index is 10.2. The monoisotopic (exact) mass is 263 g/mol. The number of hydrogen-bond donors (Lipinski definition) is 0. The fourth-order valence-corrected chi connectivity index (χ4v) is 1.59. The normalized spacial score (nSPS) is 9.83. The summed E-state index contributed by atoms with van der Waals surface area (Å²) in [6.07, 6.45) is 4.77. The molecule has 0 radical (unpaired) electrons. The Hall–Kier alpha value is -2.10. The van der Waals surface area contributed by atoms with Crippen molar-refractivity contribution in [3.8, 4) is 5.75 Å². The van der Waals surface area contributed by atoms with Gasteiger partial charge in [0.2, 0.25) is 6.08 Å². The van der Waals surface area contributed by atoms with Gasteiger partial charge >= 0.3 is 0 Å². The first-order valence-electron chi connectivity index (χ1n) is 5.27. The lowest BCUT2D eigenvalue weighted by Crippen LogP contribution is -2.08. The van der Waals surface area contributed by atoms with Crippen LogP contribution < -0.4 is 4.74 Å². The van der Waals surface area contributed by atoms with Crippen LogP contribution in [-0.2, 0) is 11.3 Å². The lowest BCUT2D eigenvalue weighted by Gasteiger charge is -2.07. The third-order valence-corrected chi connectivity index (χ3v) is 2.41. The van der Waals surface area contributed by atoms with E-state index < -0.39 is 0 Å². The Balaban J connectivity index is 1.96. The molecule has 2 aromatic rings. The van der Waals surface area contributed by atoms with Crippen molar-refractivity contribution in [2.75, 3.05) is 6.61 Å². The third-order valence-electron chi connectivity index (χ3n) is 2.21. The molecule has 0 N–H and O–H groups in total. The third kappa shape index (κ3) is 3.20. The highest BCUT2D eigenvalue weighted by Crippen LogP contribution is 2.26. The van der Waals surface area contributed by atoms with Gasteiger partial charge in [-0.25, -0.2) is 4.79 Å². The number of hydrogen-bond acceptors (Lipinski definition) is 4. The highest BCUT2D eigenvalue weighted by Gasteiger charge is 2.02. The Morgan fingerprint density at radius 1 is 1.44 bits per heavy atom. The Morgan fingerprint density at radius 3 is 3.00 bits per heavy atom. The second kappa shape index (κ2) is 6.00. The van der Waals surface area contributed by atoms with Crippen LogP contribution in [0.15, 0.2) is 41.7 Å². The van der Waals surface area contributed by atoms with Gasteiger partial charge < -0.3 is 4.74 Å². The van der Waals surface area contributed by atoms with E-state index in [-0.39, 0.29) is 0 Å². The van der Waals surface area contributed by atoms with E-state index in [0.29, 0.717) is 29.6 Å². The van der Waals surface area contributed by atoms with Gasteiger partial charge in [0.25, 0.3) is 0 Å². The summed E-state index contributed by atoms with van der Waals surface area (Å²) in [6, 6.07) is 7.01. The maximum absolute atomic E-state index is 10.2. The Labute approximate surface area is 109 Å². The zero-order valence-electron chi connectivity index (χ0n) is 9.41. The van der Waals surface area contributed by atoms with E-state index in [4.69, 9.17) is 16.3 Å². The van der Waals surface area contributed by atoms with Gasteiger partial charge in [-0.1, -0.05) is 23.7 Å². The number of benzene rings is 1. The Bertz CT molecular complexity index is 576. The molecule has 0 aliphatic carbocycles. The molecule has 92 valence electrons. The minimum Gasteiger partial charge on any atom is -0.489 e. The second-order valence-corrected chi connectivity index (χ2v) is 3.88. The number of rotatable bonds is 5. The van der Waals surface area contributed by atoms with Crippen molar-refractivity contribution >= 4 is 23.4 Å². The fourth-order valence-electron chi connectivity index (χ4n) is 1.43. The summed E-state index contributed by atoms with van der Waals surface area (Å²) in [5.41, 5.74) is 0.464. The van der Waals surface area contributed by atoms with E-state index in [1.807, 2.05) is 6.07 Å². The summed E-state index contributed by atoms with van der Waals surface area (Å²) < 4.78 is 7.20. The van der Waals surface area contributed by atoms with Crippen LogP contribution in [0.1, 0.15) is 0 Å². The summed E-state index contributed by atoms with van der Waals surface area (Å²) in [5.74, 6) is 0.541. The average molecular weight is 264 g/mol. The minimum atomic E-state index is 0.406. The van der Waals surface area contributed by atoms with Crippen LogP contribution in [0.2, 0.25) is 5.02 Å². The molecule has 0 aliphatic rings. The van der Waals surface area contributed by atoms with E-state index in [2.05, 4.69) is 10.1 Å². The topological polar surface area (TPSA) is 56.5 Å². The molecule has 0 bridgehead atoms. The van der Waals surface area contributed by atoms with Gasteiger partial charge in [-0.15, -0.1) is 0 Å². The summed E-state index contributed by atoms with van der Waals surface area (Å²) >= 11 is 5.74. The zero-order valence-corrected chi connectivity index (χ0v) is 10.2. The molecule has 18 heavy (non-hydrogen) atoms. The smallest absolute Gasteiger partial charge is 0.240 e. The van der Waals surface area contributed by atoms with E-state index >= 15 is 0 Å². The summed E-state index contributed by atoms with van der Waals surface area (Å²) in [7, 11) is 0. The summed E-state index contributed by atoms with van der Waals surface area (Å²) in [6.45, 7) is 0.968. The molecule has 1 aromatic carbocycles. The first-order valence-corrected chi connectivity index (χ1v) is 5.65. The molecule has 1 aromatic heterocycles. The lowest BCUT2D eigenvalue weighted by atomic mass is 10.3. The molecule has 1 heterocycles. The molecule has 0 fully saturated rings. The average Bonchev–Trinajstić information content (AvgIpc) is 2.78. The predicted octanol–water partition coefficient (Wildman–Crippen LogP) is 2.58. The number of halogens is 1. The van der Waals surface area contributed by atoms with Crippen molar-refractivity contribution < 1.29 is 9.53 Å². The molecular formula is C12H10ClN3O2. The van der Waals surface area contributed by atoms with Gasteiger partial charge in [0.05, 0.1) is 17.8 Å². The van der Waals surface area contributed by atoms with E-state index in [1.165, 1.54) is 6.08 Å². The zero-order chi connectivity index (χ0) is 12.8. The molecule has 0 saturated carbocycles. The highest BCUT2D eigenvalue weighted by atomic mass is 35.5. The van der Waals surface area contributed by atoms with Crippen LogP contribution in [0.5, 0.6) is 5.75 Å². The van der Waals surface area contributed by atoms with Crippen LogP contribution >= 0.6 is 11.6 Å². The van der Waals surface area contributed by atoms with E-state index in [1.54, 1.807) is 35.3 Å². The first-order chi connectivity index (χ1) is 8.79. The number of ether oxygens (including phenoxy) is 1. The number of nitrogens with zero attached hydrogens (tertiary/aromatic N) is 3. The molecule has 0 atom stereocenters. The number of para-hydroxylation sites is 2. The van der Waals surface area contributed by atoms with Crippen LogP contribution in [0, 0.1) is 0 Å². The SMILES string of the molecule is O=C=Nc1ccccc1OCCn1cc(Cl)cn1. The second-order valence-electron chi connectivity index (χ2n) is 3.44. The molecule has 0 saturated heterocycles. The molecule has 0 amide bonds. The van der Waals surface area contributed by atoms with Crippen LogP contribution in [0.3, 0.4) is 0 Å². The summed E-state index contributed by atoms with van der Waals surface area (Å²) in [4.78, 5) is 13.8. The standard InChI is InChI=1S/C12H10ClN3O2/c13-10-7-15-16(8-10)5-6-18-12-4-2-1-3-11(12)14-9-17/h1-4,7-8H,5-6H2. The highest BCUT2D eigenvalue weighted by molar-refractivity contribution is 6.30. The van der Waals surface area contributed by atoms with Crippen molar-refractivity contribution in [1.82, 2.24) is 9.78 Å². The number of carbonyl (C=O) groups excluding carboxylic acids is 1. The first kappa shape index (κ1) is 12.4. The Morgan fingerprint density at radius 2 is 2.28 bits per heavy atom. The fraction of sp³-hybridized carbons (Fsp3) is 0.167. The number of isocyanates is 1. The predicted molar refractivity (Wildman–Crippen MR) is 67.0 cm³/mol. The minimum absolute atomic E-state index is 0.406. The van der Waals surface area contributed by atoms with Gasteiger partial charge in [-0.05, 0) is 12.1 Å². The maximum Gasteiger partial charge on any atom is 0.240 e. The summed E-state index contributed by atoms with van der Waals surface area (Å²) in [5, 5.41) is 4.61. The van der Waals surface area contributed by atoms with Gasteiger partial charge in [-0.2, -0.15) is 10.1 Å².